The lowest BCUT2D eigenvalue weighted by Gasteiger charge is -2.10. The number of rotatable bonds is 3. The van der Waals surface area contributed by atoms with Crippen molar-refractivity contribution in [2.45, 2.75) is 27.3 Å². The van der Waals surface area contributed by atoms with Crippen LogP contribution in [0.4, 0.5) is 5.69 Å². The standard InChI is InChI=1S/C13H15IN2O/c1-8-12(14)5-4-6-13(8)15-7-11-9(2)16-17-10(11)3/h4-6,15H,7H2,1-3H3. The van der Waals surface area contributed by atoms with Gasteiger partial charge in [0.2, 0.25) is 0 Å². The minimum Gasteiger partial charge on any atom is -0.381 e. The third kappa shape index (κ3) is 2.62. The SMILES string of the molecule is Cc1noc(C)c1CNc1cccc(I)c1C. The topological polar surface area (TPSA) is 38.1 Å². The molecule has 0 radical (unpaired) electrons. The first-order valence-corrected chi connectivity index (χ1v) is 6.58. The van der Waals surface area contributed by atoms with E-state index in [0.717, 1.165) is 29.2 Å². The molecule has 0 unspecified atom stereocenters. The molecule has 4 heteroatoms. The minimum absolute atomic E-state index is 0.752. The Labute approximate surface area is 115 Å². The lowest BCUT2D eigenvalue weighted by Crippen LogP contribution is -2.03. The van der Waals surface area contributed by atoms with Crippen molar-refractivity contribution in [2.75, 3.05) is 5.32 Å². The molecule has 3 nitrogen and oxygen atoms in total. The largest absolute Gasteiger partial charge is 0.381 e. The van der Waals surface area contributed by atoms with E-state index in [1.807, 2.05) is 13.8 Å². The Kier molecular flexibility index (Phi) is 3.71. The van der Waals surface area contributed by atoms with Crippen molar-refractivity contribution in [3.05, 3.63) is 44.4 Å². The predicted octanol–water partition coefficient (Wildman–Crippen LogP) is 3.82. The van der Waals surface area contributed by atoms with Gasteiger partial charge in [0.05, 0.1) is 5.69 Å². The lowest BCUT2D eigenvalue weighted by molar-refractivity contribution is 0.392. The highest BCUT2D eigenvalue weighted by Gasteiger charge is 2.09. The van der Waals surface area contributed by atoms with E-state index < -0.39 is 0 Å². The average Bonchev–Trinajstić information content (AvgIpc) is 2.62. The van der Waals surface area contributed by atoms with Crippen molar-refractivity contribution in [1.82, 2.24) is 5.16 Å². The quantitative estimate of drug-likeness (QED) is 0.862. The van der Waals surface area contributed by atoms with E-state index in [2.05, 4.69) is 58.2 Å². The molecule has 1 heterocycles. The summed E-state index contributed by atoms with van der Waals surface area (Å²) in [7, 11) is 0. The highest BCUT2D eigenvalue weighted by Crippen LogP contribution is 2.22. The van der Waals surface area contributed by atoms with Gasteiger partial charge in [0.1, 0.15) is 5.76 Å². The Morgan fingerprint density at radius 2 is 2.06 bits per heavy atom. The number of anilines is 1. The maximum Gasteiger partial charge on any atom is 0.138 e. The molecule has 0 spiro atoms. The van der Waals surface area contributed by atoms with Gasteiger partial charge in [-0.3, -0.25) is 0 Å². The van der Waals surface area contributed by atoms with Crippen LogP contribution < -0.4 is 5.32 Å². The molecular weight excluding hydrogens is 327 g/mol. The Hall–Kier alpha value is -1.04. The molecule has 2 aromatic rings. The molecule has 17 heavy (non-hydrogen) atoms. The molecule has 2 rings (SSSR count). The molecular formula is C13H15IN2O. The highest BCUT2D eigenvalue weighted by atomic mass is 127. The van der Waals surface area contributed by atoms with Gasteiger partial charge in [-0.05, 0) is 61.1 Å². The van der Waals surface area contributed by atoms with Gasteiger partial charge in [0.15, 0.2) is 0 Å². The van der Waals surface area contributed by atoms with Gasteiger partial charge in [-0.25, -0.2) is 0 Å². The summed E-state index contributed by atoms with van der Waals surface area (Å²) in [5.74, 6) is 0.887. The smallest absolute Gasteiger partial charge is 0.138 e. The number of hydrogen-bond acceptors (Lipinski definition) is 3. The van der Waals surface area contributed by atoms with E-state index in [9.17, 15) is 0 Å². The normalized spacial score (nSPS) is 10.6. The number of nitrogens with one attached hydrogen (secondary N) is 1. The number of halogens is 1. The second-order valence-electron chi connectivity index (χ2n) is 4.07. The first-order valence-electron chi connectivity index (χ1n) is 5.50. The van der Waals surface area contributed by atoms with E-state index >= 15 is 0 Å². The van der Waals surface area contributed by atoms with Gasteiger partial charge in [-0.15, -0.1) is 0 Å². The lowest BCUT2D eigenvalue weighted by atomic mass is 10.1. The summed E-state index contributed by atoms with van der Waals surface area (Å²) < 4.78 is 6.42. The molecule has 1 aromatic carbocycles. The Morgan fingerprint density at radius 3 is 2.71 bits per heavy atom. The van der Waals surface area contributed by atoms with E-state index in [1.54, 1.807) is 0 Å². The van der Waals surface area contributed by atoms with Crippen molar-refractivity contribution in [1.29, 1.82) is 0 Å². The third-order valence-corrected chi connectivity index (χ3v) is 4.07. The van der Waals surface area contributed by atoms with Crippen LogP contribution in [0.3, 0.4) is 0 Å². The summed E-state index contributed by atoms with van der Waals surface area (Å²) in [4.78, 5) is 0. The van der Waals surface area contributed by atoms with Gasteiger partial charge >= 0.3 is 0 Å². The number of aromatic nitrogens is 1. The Balaban J connectivity index is 2.15. The molecule has 0 saturated heterocycles. The summed E-state index contributed by atoms with van der Waals surface area (Å²) in [5, 5.41) is 7.38. The van der Waals surface area contributed by atoms with Crippen LogP contribution in [0.15, 0.2) is 22.7 Å². The minimum atomic E-state index is 0.752. The summed E-state index contributed by atoms with van der Waals surface area (Å²) in [6, 6.07) is 6.26. The molecule has 0 atom stereocenters. The van der Waals surface area contributed by atoms with Crippen LogP contribution in [0, 0.1) is 24.3 Å². The zero-order chi connectivity index (χ0) is 12.4. The molecule has 0 saturated carbocycles. The molecule has 0 aliphatic heterocycles. The second-order valence-corrected chi connectivity index (χ2v) is 5.23. The van der Waals surface area contributed by atoms with Gasteiger partial charge in [0, 0.05) is 21.4 Å². The summed E-state index contributed by atoms with van der Waals surface area (Å²) in [5.41, 5.74) is 4.54. The maximum absolute atomic E-state index is 5.15. The number of hydrogen-bond donors (Lipinski definition) is 1. The fourth-order valence-electron chi connectivity index (χ4n) is 1.74. The van der Waals surface area contributed by atoms with Gasteiger partial charge in [0.25, 0.3) is 0 Å². The molecule has 90 valence electrons. The van der Waals surface area contributed by atoms with Crippen LogP contribution in [-0.2, 0) is 6.54 Å². The summed E-state index contributed by atoms with van der Waals surface area (Å²) in [6.07, 6.45) is 0. The molecule has 0 amide bonds. The Bertz CT molecular complexity index is 515. The monoisotopic (exact) mass is 342 g/mol. The van der Waals surface area contributed by atoms with Crippen LogP contribution in [0.5, 0.6) is 0 Å². The fraction of sp³-hybridized carbons (Fsp3) is 0.308. The molecule has 0 fully saturated rings. The first-order chi connectivity index (χ1) is 8.09. The molecule has 1 N–H and O–H groups in total. The van der Waals surface area contributed by atoms with Gasteiger partial charge < -0.3 is 9.84 Å². The van der Waals surface area contributed by atoms with E-state index in [1.165, 1.54) is 9.13 Å². The highest BCUT2D eigenvalue weighted by molar-refractivity contribution is 14.1. The molecule has 0 aliphatic rings. The van der Waals surface area contributed by atoms with Gasteiger partial charge in [-0.2, -0.15) is 0 Å². The predicted molar refractivity (Wildman–Crippen MR) is 77.2 cm³/mol. The van der Waals surface area contributed by atoms with E-state index in [4.69, 9.17) is 4.52 Å². The Morgan fingerprint density at radius 1 is 1.29 bits per heavy atom. The number of aryl methyl sites for hydroxylation is 2. The molecule has 1 aromatic heterocycles. The molecule has 0 bridgehead atoms. The zero-order valence-corrected chi connectivity index (χ0v) is 12.3. The summed E-state index contributed by atoms with van der Waals surface area (Å²) in [6.45, 7) is 6.79. The average molecular weight is 342 g/mol. The zero-order valence-electron chi connectivity index (χ0n) is 10.2. The van der Waals surface area contributed by atoms with Crippen molar-refractivity contribution in [3.63, 3.8) is 0 Å². The van der Waals surface area contributed by atoms with Crippen LogP contribution in [0.1, 0.15) is 22.6 Å². The van der Waals surface area contributed by atoms with Crippen LogP contribution in [-0.4, -0.2) is 5.16 Å². The maximum atomic E-state index is 5.15. The van der Waals surface area contributed by atoms with Crippen molar-refractivity contribution in [3.8, 4) is 0 Å². The van der Waals surface area contributed by atoms with Gasteiger partial charge in [-0.1, -0.05) is 11.2 Å². The van der Waals surface area contributed by atoms with E-state index in [-0.39, 0.29) is 0 Å². The second kappa shape index (κ2) is 5.08. The van der Waals surface area contributed by atoms with Crippen molar-refractivity contribution < 1.29 is 4.52 Å². The third-order valence-electron chi connectivity index (χ3n) is 2.90. The fourth-order valence-corrected chi connectivity index (χ4v) is 2.24. The van der Waals surface area contributed by atoms with Crippen LogP contribution in [0.25, 0.3) is 0 Å². The van der Waals surface area contributed by atoms with E-state index in [0.29, 0.717) is 0 Å². The van der Waals surface area contributed by atoms with Crippen LogP contribution in [0.2, 0.25) is 0 Å². The van der Waals surface area contributed by atoms with Crippen LogP contribution >= 0.6 is 22.6 Å². The van der Waals surface area contributed by atoms with Crippen molar-refractivity contribution in [2.24, 2.45) is 0 Å². The first kappa shape index (κ1) is 12.4. The van der Waals surface area contributed by atoms with Crippen molar-refractivity contribution >= 4 is 28.3 Å². The number of nitrogens with zero attached hydrogens (tertiary/aromatic N) is 1. The number of benzene rings is 1. The summed E-state index contributed by atoms with van der Waals surface area (Å²) >= 11 is 2.35. The molecule has 0 aliphatic carbocycles.